The Morgan fingerprint density at radius 1 is 1.35 bits per heavy atom. The zero-order valence-corrected chi connectivity index (χ0v) is 11.3. The zero-order valence-electron chi connectivity index (χ0n) is 11.3. The van der Waals surface area contributed by atoms with Gasteiger partial charge >= 0.3 is 0 Å². The van der Waals surface area contributed by atoms with E-state index < -0.39 is 6.10 Å². The average molecular weight is 271 g/mol. The minimum Gasteiger partial charge on any atom is -0.495 e. The first-order chi connectivity index (χ1) is 9.78. The fourth-order valence-electron chi connectivity index (χ4n) is 2.54. The van der Waals surface area contributed by atoms with Crippen molar-refractivity contribution in [2.24, 2.45) is 5.92 Å². The van der Waals surface area contributed by atoms with Crippen LogP contribution in [-0.2, 0) is 6.42 Å². The van der Waals surface area contributed by atoms with E-state index in [9.17, 15) is 5.11 Å². The van der Waals surface area contributed by atoms with Crippen LogP contribution in [0, 0.1) is 5.92 Å². The van der Waals surface area contributed by atoms with Crippen LogP contribution in [0.3, 0.4) is 0 Å². The second-order valence-electron chi connectivity index (χ2n) is 4.99. The Morgan fingerprint density at radius 2 is 2.20 bits per heavy atom. The third-order valence-electron chi connectivity index (χ3n) is 3.67. The van der Waals surface area contributed by atoms with Crippen LogP contribution in [0.5, 0.6) is 11.5 Å². The summed E-state index contributed by atoms with van der Waals surface area (Å²) in [6.07, 6.45) is 3.50. The highest BCUT2D eigenvalue weighted by Gasteiger charge is 2.27. The van der Waals surface area contributed by atoms with Gasteiger partial charge in [0.25, 0.3) is 0 Å². The van der Waals surface area contributed by atoms with Crippen molar-refractivity contribution >= 4 is 0 Å². The molecule has 2 unspecified atom stereocenters. The number of benzene rings is 1. The van der Waals surface area contributed by atoms with Crippen LogP contribution in [0.25, 0.3) is 0 Å². The monoisotopic (exact) mass is 271 g/mol. The maximum Gasteiger partial charge on any atom is 0.137 e. The van der Waals surface area contributed by atoms with Gasteiger partial charge in [0.1, 0.15) is 11.5 Å². The lowest BCUT2D eigenvalue weighted by molar-refractivity contribution is 0.0641. The molecular weight excluding hydrogens is 254 g/mol. The summed E-state index contributed by atoms with van der Waals surface area (Å²) in [5.74, 6) is 1.59. The standard InChI is InChI=1S/C16H17NO3/c1-19-14-7-12(8-17-9-14)16(18)13-6-11-4-2-3-5-15(11)20-10-13/h2-5,7-9,13,16,18H,6,10H2,1H3. The van der Waals surface area contributed by atoms with Crippen molar-refractivity contribution < 1.29 is 14.6 Å². The Labute approximate surface area is 118 Å². The predicted octanol–water partition coefficient (Wildman–Crippen LogP) is 2.37. The first-order valence-corrected chi connectivity index (χ1v) is 6.65. The molecule has 1 aromatic heterocycles. The number of methoxy groups -OCH3 is 1. The lowest BCUT2D eigenvalue weighted by Gasteiger charge is -2.29. The number of hydrogen-bond donors (Lipinski definition) is 1. The van der Waals surface area contributed by atoms with E-state index in [4.69, 9.17) is 9.47 Å². The number of aromatic nitrogens is 1. The largest absolute Gasteiger partial charge is 0.495 e. The molecule has 0 saturated carbocycles. The fourth-order valence-corrected chi connectivity index (χ4v) is 2.54. The number of aliphatic hydroxyl groups excluding tert-OH is 1. The fraction of sp³-hybridized carbons (Fsp3) is 0.312. The molecule has 1 aliphatic rings. The predicted molar refractivity (Wildman–Crippen MR) is 74.9 cm³/mol. The van der Waals surface area contributed by atoms with Crippen molar-refractivity contribution in [1.82, 2.24) is 4.98 Å². The SMILES string of the molecule is COc1cncc(C(O)C2COc3ccccc3C2)c1. The highest BCUT2D eigenvalue weighted by molar-refractivity contribution is 5.36. The van der Waals surface area contributed by atoms with Crippen LogP contribution in [0.1, 0.15) is 17.2 Å². The molecule has 0 amide bonds. The van der Waals surface area contributed by atoms with E-state index in [-0.39, 0.29) is 5.92 Å². The number of ether oxygens (including phenoxy) is 2. The third kappa shape index (κ3) is 2.47. The first-order valence-electron chi connectivity index (χ1n) is 6.65. The van der Waals surface area contributed by atoms with E-state index in [0.717, 1.165) is 23.3 Å². The average Bonchev–Trinajstić information content (AvgIpc) is 2.53. The molecule has 0 fully saturated rings. The molecule has 0 saturated heterocycles. The molecule has 1 aromatic carbocycles. The maximum absolute atomic E-state index is 10.5. The minimum atomic E-state index is -0.606. The highest BCUT2D eigenvalue weighted by atomic mass is 16.5. The maximum atomic E-state index is 10.5. The van der Waals surface area contributed by atoms with Crippen molar-refractivity contribution in [2.45, 2.75) is 12.5 Å². The Kier molecular flexibility index (Phi) is 3.56. The molecule has 0 aliphatic carbocycles. The Morgan fingerprint density at radius 3 is 3.05 bits per heavy atom. The van der Waals surface area contributed by atoms with Crippen molar-refractivity contribution in [1.29, 1.82) is 0 Å². The van der Waals surface area contributed by atoms with Crippen LogP contribution in [-0.4, -0.2) is 23.8 Å². The summed E-state index contributed by atoms with van der Waals surface area (Å²) in [7, 11) is 1.59. The van der Waals surface area contributed by atoms with Gasteiger partial charge in [-0.1, -0.05) is 18.2 Å². The normalized spacial score (nSPS) is 18.8. The van der Waals surface area contributed by atoms with Crippen LogP contribution < -0.4 is 9.47 Å². The van der Waals surface area contributed by atoms with E-state index in [1.807, 2.05) is 30.3 Å². The van der Waals surface area contributed by atoms with Gasteiger partial charge in [-0.25, -0.2) is 0 Å². The van der Waals surface area contributed by atoms with Gasteiger partial charge in [-0.3, -0.25) is 4.98 Å². The van der Waals surface area contributed by atoms with Crippen LogP contribution in [0.15, 0.2) is 42.7 Å². The lowest BCUT2D eigenvalue weighted by atomic mass is 9.89. The molecule has 0 spiro atoms. The molecule has 0 bridgehead atoms. The quantitative estimate of drug-likeness (QED) is 0.931. The Hall–Kier alpha value is -2.07. The van der Waals surface area contributed by atoms with E-state index in [1.54, 1.807) is 19.5 Å². The summed E-state index contributed by atoms with van der Waals surface area (Å²) in [5, 5.41) is 10.5. The van der Waals surface area contributed by atoms with Gasteiger partial charge in [0.15, 0.2) is 0 Å². The van der Waals surface area contributed by atoms with Gasteiger partial charge in [-0.15, -0.1) is 0 Å². The van der Waals surface area contributed by atoms with Gasteiger partial charge in [0.2, 0.25) is 0 Å². The van der Waals surface area contributed by atoms with Crippen LogP contribution in [0.4, 0.5) is 0 Å². The van der Waals surface area contributed by atoms with Crippen LogP contribution >= 0.6 is 0 Å². The molecule has 1 N–H and O–H groups in total. The summed E-state index contributed by atoms with van der Waals surface area (Å²) in [6.45, 7) is 0.509. The molecule has 3 rings (SSSR count). The van der Waals surface area contributed by atoms with Gasteiger partial charge in [0.05, 0.1) is 26.0 Å². The topological polar surface area (TPSA) is 51.6 Å². The molecule has 104 valence electrons. The number of hydrogen-bond acceptors (Lipinski definition) is 4. The summed E-state index contributed by atoms with van der Waals surface area (Å²) < 4.78 is 10.9. The van der Waals surface area contributed by atoms with Gasteiger partial charge in [-0.05, 0) is 24.1 Å². The number of aliphatic hydroxyl groups is 1. The molecule has 4 heteroatoms. The van der Waals surface area contributed by atoms with Crippen molar-refractivity contribution in [2.75, 3.05) is 13.7 Å². The van der Waals surface area contributed by atoms with Gasteiger partial charge in [0, 0.05) is 17.7 Å². The minimum absolute atomic E-state index is 0.0267. The first kappa shape index (κ1) is 12.9. The Balaban J connectivity index is 1.80. The van der Waals surface area contributed by atoms with E-state index in [2.05, 4.69) is 4.98 Å². The number of fused-ring (bicyclic) bond motifs is 1. The number of nitrogens with zero attached hydrogens (tertiary/aromatic N) is 1. The summed E-state index contributed by atoms with van der Waals surface area (Å²) in [6, 6.07) is 9.77. The van der Waals surface area contributed by atoms with Gasteiger partial charge in [-0.2, -0.15) is 0 Å². The zero-order chi connectivity index (χ0) is 13.9. The summed E-state index contributed by atoms with van der Waals surface area (Å²) in [4.78, 5) is 4.09. The Bertz CT molecular complexity index is 600. The molecule has 4 nitrogen and oxygen atoms in total. The highest BCUT2D eigenvalue weighted by Crippen LogP contribution is 2.33. The van der Waals surface area contributed by atoms with Crippen molar-refractivity contribution in [3.05, 3.63) is 53.9 Å². The molecule has 2 aromatic rings. The molecule has 0 radical (unpaired) electrons. The summed E-state index contributed by atoms with van der Waals surface area (Å²) in [5.41, 5.74) is 1.90. The number of para-hydroxylation sites is 1. The second kappa shape index (κ2) is 5.51. The smallest absolute Gasteiger partial charge is 0.137 e. The van der Waals surface area contributed by atoms with E-state index in [1.165, 1.54) is 0 Å². The molecule has 2 heterocycles. The molecule has 20 heavy (non-hydrogen) atoms. The lowest BCUT2D eigenvalue weighted by Crippen LogP contribution is -2.26. The van der Waals surface area contributed by atoms with Gasteiger partial charge < -0.3 is 14.6 Å². The molecule has 1 aliphatic heterocycles. The summed E-state index contributed by atoms with van der Waals surface area (Å²) >= 11 is 0. The number of pyridine rings is 1. The van der Waals surface area contributed by atoms with Crippen molar-refractivity contribution in [3.63, 3.8) is 0 Å². The van der Waals surface area contributed by atoms with E-state index >= 15 is 0 Å². The van der Waals surface area contributed by atoms with E-state index in [0.29, 0.717) is 12.4 Å². The molecular formula is C16H17NO3. The third-order valence-corrected chi connectivity index (χ3v) is 3.67. The molecule has 2 atom stereocenters. The second-order valence-corrected chi connectivity index (χ2v) is 4.99. The van der Waals surface area contributed by atoms with Crippen molar-refractivity contribution in [3.8, 4) is 11.5 Å². The number of rotatable bonds is 3. The van der Waals surface area contributed by atoms with Crippen LogP contribution in [0.2, 0.25) is 0 Å².